The quantitative estimate of drug-likeness (QED) is 0.611. The molecule has 1 fully saturated rings. The third-order valence-corrected chi connectivity index (χ3v) is 6.76. The Labute approximate surface area is 124 Å². The van der Waals surface area contributed by atoms with Crippen molar-refractivity contribution < 1.29 is 13.2 Å². The largest absolute Gasteiger partial charge is 0.246 e. The molecular formula is C11H13BrN2O3S2. The molecule has 5 nitrogen and oxygen atoms in total. The average molecular weight is 365 g/mol. The van der Waals surface area contributed by atoms with Gasteiger partial charge in [-0.25, -0.2) is 13.2 Å². The van der Waals surface area contributed by atoms with Gasteiger partial charge in [0.2, 0.25) is 16.1 Å². The summed E-state index contributed by atoms with van der Waals surface area (Å²) in [6.07, 6.45) is 3.08. The summed E-state index contributed by atoms with van der Waals surface area (Å²) >= 11 is 4.67. The van der Waals surface area contributed by atoms with Crippen LogP contribution in [0.15, 0.2) is 19.7 Å². The molecule has 0 radical (unpaired) electrons. The average Bonchev–Trinajstić information content (AvgIpc) is 2.70. The van der Waals surface area contributed by atoms with Crippen LogP contribution in [-0.4, -0.2) is 31.5 Å². The molecule has 1 saturated heterocycles. The predicted octanol–water partition coefficient (Wildman–Crippen LogP) is 2.66. The normalized spacial score (nSPS) is 21.1. The SMILES string of the molecule is Cc1sc(Br)cc1S(=O)(=O)N1CCCCC1N=C=O. The van der Waals surface area contributed by atoms with Crippen LogP contribution in [0.25, 0.3) is 0 Å². The molecule has 1 unspecified atom stereocenters. The van der Waals surface area contributed by atoms with Crippen molar-refractivity contribution in [3.63, 3.8) is 0 Å². The highest BCUT2D eigenvalue weighted by atomic mass is 79.9. The second-order valence-corrected chi connectivity index (χ2v) is 8.78. The summed E-state index contributed by atoms with van der Waals surface area (Å²) < 4.78 is 27.3. The molecule has 0 N–H and O–H groups in total. The number of nitrogens with zero attached hydrogens (tertiary/aromatic N) is 2. The summed E-state index contributed by atoms with van der Waals surface area (Å²) in [6, 6.07) is 1.60. The van der Waals surface area contributed by atoms with Crippen LogP contribution in [0.5, 0.6) is 0 Å². The van der Waals surface area contributed by atoms with E-state index in [0.717, 1.165) is 21.5 Å². The van der Waals surface area contributed by atoms with E-state index < -0.39 is 16.2 Å². The minimum Gasteiger partial charge on any atom is -0.211 e. The molecule has 2 rings (SSSR count). The second kappa shape index (κ2) is 5.85. The van der Waals surface area contributed by atoms with E-state index in [4.69, 9.17) is 0 Å². The first-order chi connectivity index (χ1) is 8.96. The smallest absolute Gasteiger partial charge is 0.211 e. The van der Waals surface area contributed by atoms with E-state index in [1.165, 1.54) is 21.7 Å². The van der Waals surface area contributed by atoms with Gasteiger partial charge in [0.05, 0.1) is 8.68 Å². The van der Waals surface area contributed by atoms with Gasteiger partial charge >= 0.3 is 0 Å². The molecule has 0 spiro atoms. The van der Waals surface area contributed by atoms with Crippen molar-refractivity contribution in [2.45, 2.75) is 37.2 Å². The lowest BCUT2D eigenvalue weighted by Crippen LogP contribution is -2.42. The van der Waals surface area contributed by atoms with E-state index in [-0.39, 0.29) is 4.90 Å². The monoisotopic (exact) mass is 364 g/mol. The van der Waals surface area contributed by atoms with E-state index in [1.54, 1.807) is 13.0 Å². The van der Waals surface area contributed by atoms with Crippen molar-refractivity contribution in [3.05, 3.63) is 14.7 Å². The number of thiophene rings is 1. The minimum atomic E-state index is -3.60. The van der Waals surface area contributed by atoms with Gasteiger partial charge in [0.25, 0.3) is 0 Å². The van der Waals surface area contributed by atoms with Crippen molar-refractivity contribution in [1.82, 2.24) is 4.31 Å². The molecule has 0 aromatic carbocycles. The number of hydrogen-bond acceptors (Lipinski definition) is 5. The van der Waals surface area contributed by atoms with Gasteiger partial charge in [-0.15, -0.1) is 11.3 Å². The number of isocyanates is 1. The predicted molar refractivity (Wildman–Crippen MR) is 76.4 cm³/mol. The van der Waals surface area contributed by atoms with E-state index in [9.17, 15) is 13.2 Å². The first kappa shape index (κ1) is 14.9. The molecular weight excluding hydrogens is 352 g/mol. The van der Waals surface area contributed by atoms with Crippen molar-refractivity contribution >= 4 is 43.4 Å². The van der Waals surface area contributed by atoms with E-state index in [2.05, 4.69) is 20.9 Å². The Balaban J connectivity index is 2.42. The van der Waals surface area contributed by atoms with Crippen molar-refractivity contribution in [3.8, 4) is 0 Å². The molecule has 0 amide bonds. The van der Waals surface area contributed by atoms with Gasteiger partial charge in [-0.05, 0) is 48.2 Å². The van der Waals surface area contributed by atoms with E-state index in [0.29, 0.717) is 13.0 Å². The number of aryl methyl sites for hydroxylation is 1. The lowest BCUT2D eigenvalue weighted by atomic mass is 10.1. The van der Waals surface area contributed by atoms with E-state index in [1.807, 2.05) is 0 Å². The highest BCUT2D eigenvalue weighted by Crippen LogP contribution is 2.34. The summed E-state index contributed by atoms with van der Waals surface area (Å²) in [5, 5.41) is 0. The van der Waals surface area contributed by atoms with Gasteiger partial charge in [-0.2, -0.15) is 9.30 Å². The molecule has 2 heterocycles. The van der Waals surface area contributed by atoms with Crippen LogP contribution >= 0.6 is 27.3 Å². The maximum atomic E-state index is 12.6. The van der Waals surface area contributed by atoms with Crippen molar-refractivity contribution in [2.24, 2.45) is 4.99 Å². The molecule has 1 aliphatic heterocycles. The molecule has 0 saturated carbocycles. The zero-order valence-corrected chi connectivity index (χ0v) is 13.5. The maximum Gasteiger partial charge on any atom is 0.246 e. The molecule has 1 aromatic rings. The van der Waals surface area contributed by atoms with Gasteiger partial charge < -0.3 is 0 Å². The minimum absolute atomic E-state index is 0.289. The second-order valence-electron chi connectivity index (χ2n) is 4.28. The molecule has 1 aliphatic rings. The Morgan fingerprint density at radius 2 is 2.26 bits per heavy atom. The summed E-state index contributed by atoms with van der Waals surface area (Å²) in [5.74, 6) is 0. The number of aliphatic imine (C=N–C) groups is 1. The summed E-state index contributed by atoms with van der Waals surface area (Å²) in [7, 11) is -3.60. The molecule has 104 valence electrons. The molecule has 1 atom stereocenters. The number of rotatable bonds is 3. The molecule has 19 heavy (non-hydrogen) atoms. The van der Waals surface area contributed by atoms with Crippen LogP contribution in [0.1, 0.15) is 24.1 Å². The number of carbonyl (C=O) groups excluding carboxylic acids is 1. The number of sulfonamides is 1. The van der Waals surface area contributed by atoms with Crippen LogP contribution in [0.4, 0.5) is 0 Å². The summed E-state index contributed by atoms with van der Waals surface area (Å²) in [4.78, 5) is 15.1. The Morgan fingerprint density at radius 3 is 2.84 bits per heavy atom. The zero-order chi connectivity index (χ0) is 14.0. The van der Waals surface area contributed by atoms with Crippen LogP contribution in [0.3, 0.4) is 0 Å². The fourth-order valence-corrected chi connectivity index (χ4v) is 6.15. The molecule has 1 aromatic heterocycles. The molecule has 0 bridgehead atoms. The zero-order valence-electron chi connectivity index (χ0n) is 10.3. The fraction of sp³-hybridized carbons (Fsp3) is 0.545. The van der Waals surface area contributed by atoms with Gasteiger partial charge in [0.15, 0.2) is 0 Å². The van der Waals surface area contributed by atoms with Crippen molar-refractivity contribution in [2.75, 3.05) is 6.54 Å². The number of halogens is 1. The van der Waals surface area contributed by atoms with Gasteiger partial charge in [0.1, 0.15) is 6.17 Å². The van der Waals surface area contributed by atoms with Crippen LogP contribution in [0.2, 0.25) is 0 Å². The van der Waals surface area contributed by atoms with Crippen LogP contribution < -0.4 is 0 Å². The van der Waals surface area contributed by atoms with Crippen LogP contribution in [-0.2, 0) is 14.8 Å². The van der Waals surface area contributed by atoms with E-state index >= 15 is 0 Å². The number of hydrogen-bond donors (Lipinski definition) is 0. The maximum absolute atomic E-state index is 12.6. The lowest BCUT2D eigenvalue weighted by Gasteiger charge is -2.30. The van der Waals surface area contributed by atoms with Gasteiger partial charge in [0, 0.05) is 11.4 Å². The summed E-state index contributed by atoms with van der Waals surface area (Å²) in [5.41, 5.74) is 0. The number of piperidine rings is 1. The molecule has 0 aliphatic carbocycles. The van der Waals surface area contributed by atoms with Crippen molar-refractivity contribution in [1.29, 1.82) is 0 Å². The standard InChI is InChI=1S/C11H13BrN2O3S2/c1-8-9(6-10(12)18-8)19(16,17)14-5-3-2-4-11(14)13-7-15/h6,11H,2-5H2,1H3. The van der Waals surface area contributed by atoms with Gasteiger partial charge in [-0.1, -0.05) is 0 Å². The third kappa shape index (κ3) is 2.98. The Kier molecular flexibility index (Phi) is 4.58. The van der Waals surface area contributed by atoms with Gasteiger partial charge in [-0.3, -0.25) is 0 Å². The van der Waals surface area contributed by atoms with Crippen LogP contribution in [0, 0.1) is 6.92 Å². The highest BCUT2D eigenvalue weighted by Gasteiger charge is 2.35. The third-order valence-electron chi connectivity index (χ3n) is 3.05. The Morgan fingerprint density at radius 1 is 1.53 bits per heavy atom. The molecule has 8 heteroatoms. The summed E-state index contributed by atoms with van der Waals surface area (Å²) in [6.45, 7) is 2.16. The Bertz CT molecular complexity index is 620. The first-order valence-corrected chi connectivity index (χ1v) is 8.86. The highest BCUT2D eigenvalue weighted by molar-refractivity contribution is 9.11. The Hall–Kier alpha value is -0.530. The first-order valence-electron chi connectivity index (χ1n) is 5.81. The lowest BCUT2D eigenvalue weighted by molar-refractivity contribution is 0.259. The topological polar surface area (TPSA) is 66.8 Å². The fourth-order valence-electron chi connectivity index (χ4n) is 2.17.